The van der Waals surface area contributed by atoms with Crippen LogP contribution in [0.1, 0.15) is 17.7 Å². The van der Waals surface area contributed by atoms with E-state index in [2.05, 4.69) is 20.4 Å². The Balaban J connectivity index is 1.54. The van der Waals surface area contributed by atoms with Crippen molar-refractivity contribution >= 4 is 16.9 Å². The molecular formula is C15H17N5O2. The SMILES string of the molecule is Cc1ccn(CCC(=O)NCc2ccc3[nH]c(=O)[nH]c3c2)n1. The summed E-state index contributed by atoms with van der Waals surface area (Å²) in [7, 11) is 0. The minimum atomic E-state index is -0.231. The van der Waals surface area contributed by atoms with Crippen LogP contribution < -0.4 is 11.0 Å². The Morgan fingerprint density at radius 2 is 2.09 bits per heavy atom. The molecule has 0 saturated carbocycles. The Bertz CT molecular complexity index is 858. The second-order valence-corrected chi connectivity index (χ2v) is 5.21. The summed E-state index contributed by atoms with van der Waals surface area (Å²) in [6.07, 6.45) is 2.24. The van der Waals surface area contributed by atoms with Gasteiger partial charge >= 0.3 is 5.69 Å². The molecule has 0 aliphatic rings. The number of rotatable bonds is 5. The zero-order valence-corrected chi connectivity index (χ0v) is 12.2. The van der Waals surface area contributed by atoms with Crippen molar-refractivity contribution in [1.29, 1.82) is 0 Å². The monoisotopic (exact) mass is 299 g/mol. The van der Waals surface area contributed by atoms with Crippen molar-refractivity contribution in [2.75, 3.05) is 0 Å². The number of hydrogen-bond donors (Lipinski definition) is 3. The van der Waals surface area contributed by atoms with Crippen LogP contribution in [0.4, 0.5) is 0 Å². The van der Waals surface area contributed by atoms with Crippen LogP contribution in [-0.2, 0) is 17.9 Å². The molecule has 7 nitrogen and oxygen atoms in total. The molecule has 2 heterocycles. The number of aryl methyl sites for hydroxylation is 2. The minimum Gasteiger partial charge on any atom is -0.352 e. The molecule has 0 spiro atoms. The minimum absolute atomic E-state index is 0.0317. The highest BCUT2D eigenvalue weighted by Crippen LogP contribution is 2.09. The molecule has 1 amide bonds. The highest BCUT2D eigenvalue weighted by molar-refractivity contribution is 5.77. The largest absolute Gasteiger partial charge is 0.352 e. The summed E-state index contributed by atoms with van der Waals surface area (Å²) in [5, 5.41) is 7.10. The van der Waals surface area contributed by atoms with Crippen LogP contribution in [0, 0.1) is 6.92 Å². The van der Waals surface area contributed by atoms with Crippen molar-refractivity contribution < 1.29 is 4.79 Å². The lowest BCUT2D eigenvalue weighted by Gasteiger charge is -2.06. The molecule has 0 saturated heterocycles. The van der Waals surface area contributed by atoms with Gasteiger partial charge in [-0.25, -0.2) is 4.79 Å². The van der Waals surface area contributed by atoms with Gasteiger partial charge in [0.2, 0.25) is 5.91 Å². The van der Waals surface area contributed by atoms with Crippen LogP contribution in [0.5, 0.6) is 0 Å². The molecule has 3 aromatic rings. The molecule has 7 heteroatoms. The van der Waals surface area contributed by atoms with Crippen LogP contribution in [0.2, 0.25) is 0 Å². The third-order valence-electron chi connectivity index (χ3n) is 3.41. The summed E-state index contributed by atoms with van der Waals surface area (Å²) < 4.78 is 1.76. The van der Waals surface area contributed by atoms with E-state index in [-0.39, 0.29) is 11.6 Å². The number of aromatic nitrogens is 4. The first kappa shape index (κ1) is 14.1. The van der Waals surface area contributed by atoms with Gasteiger partial charge in [0.15, 0.2) is 0 Å². The third kappa shape index (κ3) is 3.25. The number of carbonyl (C=O) groups excluding carboxylic acids is 1. The number of nitrogens with zero attached hydrogens (tertiary/aromatic N) is 2. The fourth-order valence-electron chi connectivity index (χ4n) is 2.28. The van der Waals surface area contributed by atoms with Gasteiger partial charge in [0, 0.05) is 25.7 Å². The van der Waals surface area contributed by atoms with Gasteiger partial charge in [0.25, 0.3) is 0 Å². The maximum absolute atomic E-state index is 11.8. The zero-order valence-electron chi connectivity index (χ0n) is 12.2. The van der Waals surface area contributed by atoms with Crippen molar-refractivity contribution in [3.63, 3.8) is 0 Å². The number of nitrogens with one attached hydrogen (secondary N) is 3. The summed E-state index contributed by atoms with van der Waals surface area (Å²) in [4.78, 5) is 28.4. The zero-order chi connectivity index (χ0) is 15.5. The topological polar surface area (TPSA) is 95.6 Å². The van der Waals surface area contributed by atoms with Crippen molar-refractivity contribution in [2.45, 2.75) is 26.4 Å². The van der Waals surface area contributed by atoms with Crippen LogP contribution >= 0.6 is 0 Å². The maximum atomic E-state index is 11.8. The summed E-state index contributed by atoms with van der Waals surface area (Å²) in [6.45, 7) is 2.90. The molecule has 0 atom stereocenters. The summed E-state index contributed by atoms with van der Waals surface area (Å²) in [5.41, 5.74) is 3.14. The Morgan fingerprint density at radius 1 is 1.27 bits per heavy atom. The maximum Gasteiger partial charge on any atom is 0.323 e. The van der Waals surface area contributed by atoms with Crippen molar-refractivity contribution in [3.05, 3.63) is 52.2 Å². The Kier molecular flexibility index (Phi) is 3.78. The summed E-state index contributed by atoms with van der Waals surface area (Å²) in [5.74, 6) is -0.0317. The van der Waals surface area contributed by atoms with E-state index in [9.17, 15) is 9.59 Å². The predicted molar refractivity (Wildman–Crippen MR) is 82.3 cm³/mol. The number of aromatic amines is 2. The second-order valence-electron chi connectivity index (χ2n) is 5.21. The van der Waals surface area contributed by atoms with E-state index in [1.165, 1.54) is 0 Å². The summed E-state index contributed by atoms with van der Waals surface area (Å²) >= 11 is 0. The van der Waals surface area contributed by atoms with E-state index >= 15 is 0 Å². The van der Waals surface area contributed by atoms with Gasteiger partial charge in [-0.2, -0.15) is 5.10 Å². The molecule has 0 aliphatic heterocycles. The molecule has 3 N–H and O–H groups in total. The van der Waals surface area contributed by atoms with Crippen molar-refractivity contribution in [1.82, 2.24) is 25.1 Å². The molecule has 1 aromatic carbocycles. The predicted octanol–water partition coefficient (Wildman–Crippen LogP) is 1.07. The van der Waals surface area contributed by atoms with Crippen molar-refractivity contribution in [3.8, 4) is 0 Å². The highest BCUT2D eigenvalue weighted by Gasteiger charge is 2.04. The molecule has 0 radical (unpaired) electrons. The first-order valence-electron chi connectivity index (χ1n) is 7.08. The molecule has 0 fully saturated rings. The van der Waals surface area contributed by atoms with Crippen LogP contribution in [0.3, 0.4) is 0 Å². The van der Waals surface area contributed by atoms with Gasteiger partial charge in [0.05, 0.1) is 16.7 Å². The number of fused-ring (bicyclic) bond motifs is 1. The first-order chi connectivity index (χ1) is 10.6. The van der Waals surface area contributed by atoms with E-state index < -0.39 is 0 Å². The van der Waals surface area contributed by atoms with E-state index in [1.807, 2.05) is 37.4 Å². The normalized spacial score (nSPS) is 11.0. The molecule has 0 unspecified atom stereocenters. The number of hydrogen-bond acceptors (Lipinski definition) is 3. The molecule has 114 valence electrons. The van der Waals surface area contributed by atoms with Gasteiger partial charge in [0.1, 0.15) is 0 Å². The van der Waals surface area contributed by atoms with Crippen molar-refractivity contribution in [2.24, 2.45) is 0 Å². The van der Waals surface area contributed by atoms with Gasteiger partial charge in [-0.1, -0.05) is 6.07 Å². The molecule has 3 rings (SSSR count). The standard InChI is InChI=1S/C15H17N5O2/c1-10-4-6-20(19-10)7-5-14(21)16-9-11-2-3-12-13(8-11)18-15(22)17-12/h2-4,6,8H,5,7,9H2,1H3,(H,16,21)(H2,17,18,22). The number of carbonyl (C=O) groups is 1. The van der Waals surface area contributed by atoms with Gasteiger partial charge in [-0.05, 0) is 30.7 Å². The second kappa shape index (κ2) is 5.88. The van der Waals surface area contributed by atoms with Crippen LogP contribution in [0.15, 0.2) is 35.3 Å². The molecular weight excluding hydrogens is 282 g/mol. The quantitative estimate of drug-likeness (QED) is 0.657. The van der Waals surface area contributed by atoms with Crippen LogP contribution in [0.25, 0.3) is 11.0 Å². The van der Waals surface area contributed by atoms with E-state index in [1.54, 1.807) is 4.68 Å². The van der Waals surface area contributed by atoms with E-state index in [4.69, 9.17) is 0 Å². The van der Waals surface area contributed by atoms with Gasteiger partial charge in [-0.3, -0.25) is 9.48 Å². The molecule has 0 bridgehead atoms. The van der Waals surface area contributed by atoms with Crippen LogP contribution in [-0.4, -0.2) is 25.7 Å². The number of H-pyrrole nitrogens is 2. The number of amides is 1. The molecule has 2 aromatic heterocycles. The lowest BCUT2D eigenvalue weighted by molar-refractivity contribution is -0.121. The third-order valence-corrected chi connectivity index (χ3v) is 3.41. The average Bonchev–Trinajstić information content (AvgIpc) is 3.06. The lowest BCUT2D eigenvalue weighted by Crippen LogP contribution is -2.24. The molecule has 22 heavy (non-hydrogen) atoms. The number of imidazole rings is 1. The lowest BCUT2D eigenvalue weighted by atomic mass is 10.2. The Hall–Kier alpha value is -2.83. The Morgan fingerprint density at radius 3 is 2.86 bits per heavy atom. The first-order valence-corrected chi connectivity index (χ1v) is 7.08. The summed E-state index contributed by atoms with van der Waals surface area (Å²) in [6, 6.07) is 7.46. The molecule has 0 aliphatic carbocycles. The number of benzene rings is 1. The fraction of sp³-hybridized carbons (Fsp3) is 0.267. The van der Waals surface area contributed by atoms with E-state index in [0.29, 0.717) is 19.5 Å². The fourth-order valence-corrected chi connectivity index (χ4v) is 2.28. The van der Waals surface area contributed by atoms with E-state index in [0.717, 1.165) is 22.3 Å². The average molecular weight is 299 g/mol. The Labute approximate surface area is 126 Å². The smallest absolute Gasteiger partial charge is 0.323 e. The van der Waals surface area contributed by atoms with Gasteiger partial charge < -0.3 is 15.3 Å². The van der Waals surface area contributed by atoms with Gasteiger partial charge in [-0.15, -0.1) is 0 Å². The highest BCUT2D eigenvalue weighted by atomic mass is 16.1.